The molecule has 0 aliphatic carbocycles. The molecule has 0 fully saturated rings. The highest BCUT2D eigenvalue weighted by Crippen LogP contribution is 2.20. The molecule has 0 saturated carbocycles. The van der Waals surface area contributed by atoms with E-state index in [1.165, 1.54) is 9.13 Å². The highest BCUT2D eigenvalue weighted by molar-refractivity contribution is 6.28. The van der Waals surface area contributed by atoms with Crippen molar-refractivity contribution in [1.82, 2.24) is 19.1 Å². The molecule has 2 aromatic rings. The summed E-state index contributed by atoms with van der Waals surface area (Å²) >= 11 is 5.89. The largest absolute Gasteiger partial charge is 0.380 e. The third-order valence-corrected chi connectivity index (χ3v) is 3.76. The third-order valence-electron chi connectivity index (χ3n) is 3.58. The van der Waals surface area contributed by atoms with Crippen LogP contribution in [0.25, 0.3) is 11.2 Å². The van der Waals surface area contributed by atoms with Crippen molar-refractivity contribution in [3.05, 3.63) is 26.1 Å². The van der Waals surface area contributed by atoms with Crippen LogP contribution in [0.5, 0.6) is 0 Å². The normalized spacial score (nSPS) is 12.2. The topological polar surface area (TPSA) is 81.9 Å². The van der Waals surface area contributed by atoms with Gasteiger partial charge in [0.15, 0.2) is 11.2 Å². The van der Waals surface area contributed by atoms with Crippen molar-refractivity contribution in [1.29, 1.82) is 0 Å². The summed E-state index contributed by atoms with van der Waals surface area (Å²) in [5.41, 5.74) is -0.189. The molecule has 0 radical (unpaired) electrons. The highest BCUT2D eigenvalue weighted by atomic mass is 35.5. The van der Waals surface area contributed by atoms with Crippen LogP contribution in [0.2, 0.25) is 5.28 Å². The van der Waals surface area contributed by atoms with Gasteiger partial charge in [-0.1, -0.05) is 20.8 Å². The lowest BCUT2D eigenvalue weighted by molar-refractivity contribution is 0.137. The van der Waals surface area contributed by atoms with Gasteiger partial charge in [-0.25, -0.2) is 4.79 Å². The Labute approximate surface area is 139 Å². The van der Waals surface area contributed by atoms with Crippen LogP contribution in [0.15, 0.2) is 9.59 Å². The SMILES string of the molecule is CCOCCn1c(=O)c2[nH]c(Cl)nc2n(CCC(C)(C)C)c1=O. The number of ether oxygens (including phenoxy) is 1. The van der Waals surface area contributed by atoms with Gasteiger partial charge < -0.3 is 9.72 Å². The van der Waals surface area contributed by atoms with E-state index in [0.717, 1.165) is 6.42 Å². The molecule has 0 aromatic carbocycles. The summed E-state index contributed by atoms with van der Waals surface area (Å²) in [5.74, 6) is 0. The minimum absolute atomic E-state index is 0.0537. The van der Waals surface area contributed by atoms with Gasteiger partial charge in [-0.05, 0) is 30.4 Å². The molecule has 0 atom stereocenters. The number of aromatic amines is 1. The zero-order valence-corrected chi connectivity index (χ0v) is 14.7. The molecule has 0 aliphatic heterocycles. The molecule has 0 bridgehead atoms. The maximum atomic E-state index is 12.7. The van der Waals surface area contributed by atoms with E-state index in [-0.39, 0.29) is 28.4 Å². The van der Waals surface area contributed by atoms with Gasteiger partial charge in [-0.15, -0.1) is 0 Å². The van der Waals surface area contributed by atoms with Gasteiger partial charge in [0.2, 0.25) is 5.28 Å². The number of aryl methyl sites for hydroxylation is 1. The van der Waals surface area contributed by atoms with Gasteiger partial charge in [0.1, 0.15) is 0 Å². The quantitative estimate of drug-likeness (QED) is 0.643. The molecule has 23 heavy (non-hydrogen) atoms. The molecule has 2 aromatic heterocycles. The van der Waals surface area contributed by atoms with E-state index in [4.69, 9.17) is 16.3 Å². The molecule has 7 nitrogen and oxygen atoms in total. The number of nitrogens with zero attached hydrogens (tertiary/aromatic N) is 3. The third kappa shape index (κ3) is 4.03. The molecule has 0 aliphatic rings. The van der Waals surface area contributed by atoms with Crippen molar-refractivity contribution in [3.8, 4) is 0 Å². The Morgan fingerprint density at radius 1 is 1.22 bits per heavy atom. The number of hydrogen-bond acceptors (Lipinski definition) is 4. The lowest BCUT2D eigenvalue weighted by Gasteiger charge is -2.19. The van der Waals surface area contributed by atoms with Crippen LogP contribution >= 0.6 is 11.6 Å². The second-order valence-electron chi connectivity index (χ2n) is 6.62. The summed E-state index contributed by atoms with van der Waals surface area (Å²) in [7, 11) is 0. The van der Waals surface area contributed by atoms with Gasteiger partial charge >= 0.3 is 5.69 Å². The number of imidazole rings is 1. The molecule has 1 N–H and O–H groups in total. The Kier molecular flexibility index (Phi) is 5.31. The van der Waals surface area contributed by atoms with Crippen LogP contribution in [0, 0.1) is 5.41 Å². The van der Waals surface area contributed by atoms with Crippen molar-refractivity contribution < 1.29 is 4.74 Å². The van der Waals surface area contributed by atoms with Crippen LogP contribution in [0.4, 0.5) is 0 Å². The Bertz CT molecular complexity index is 798. The van der Waals surface area contributed by atoms with Gasteiger partial charge in [0, 0.05) is 13.2 Å². The maximum absolute atomic E-state index is 12.7. The number of H-pyrrole nitrogens is 1. The first-order chi connectivity index (χ1) is 10.7. The number of fused-ring (bicyclic) bond motifs is 1. The number of aromatic nitrogens is 4. The average molecular weight is 343 g/mol. The number of nitrogens with one attached hydrogen (secondary N) is 1. The molecular formula is C15H23ClN4O3. The minimum Gasteiger partial charge on any atom is -0.380 e. The average Bonchev–Trinajstić information content (AvgIpc) is 2.83. The lowest BCUT2D eigenvalue weighted by Crippen LogP contribution is -2.41. The van der Waals surface area contributed by atoms with Gasteiger partial charge in [0.25, 0.3) is 5.56 Å². The number of rotatable bonds is 6. The van der Waals surface area contributed by atoms with Crippen LogP contribution in [0.3, 0.4) is 0 Å². The summed E-state index contributed by atoms with van der Waals surface area (Å²) in [4.78, 5) is 32.0. The Hall–Kier alpha value is -1.60. The summed E-state index contributed by atoms with van der Waals surface area (Å²) in [6.07, 6.45) is 0.774. The Morgan fingerprint density at radius 2 is 1.91 bits per heavy atom. The monoisotopic (exact) mass is 342 g/mol. The Morgan fingerprint density at radius 3 is 2.52 bits per heavy atom. The molecule has 8 heteroatoms. The zero-order valence-electron chi connectivity index (χ0n) is 14.0. The minimum atomic E-state index is -0.420. The van der Waals surface area contributed by atoms with E-state index in [9.17, 15) is 9.59 Å². The van der Waals surface area contributed by atoms with Gasteiger partial charge in [-0.3, -0.25) is 13.9 Å². The molecular weight excluding hydrogens is 320 g/mol. The fourth-order valence-electron chi connectivity index (χ4n) is 2.28. The van der Waals surface area contributed by atoms with E-state index in [1.54, 1.807) is 0 Å². The first-order valence-corrected chi connectivity index (χ1v) is 8.09. The van der Waals surface area contributed by atoms with Crippen LogP contribution in [-0.2, 0) is 17.8 Å². The standard InChI is InChI=1S/C15H23ClN4O3/c1-5-23-9-8-20-12(21)10-11(18-13(16)17-10)19(14(20)22)7-6-15(2,3)4/h5-9H2,1-4H3,(H,17,18). The van der Waals surface area contributed by atoms with Crippen LogP contribution < -0.4 is 11.2 Å². The van der Waals surface area contributed by atoms with Crippen LogP contribution in [-0.4, -0.2) is 32.3 Å². The molecule has 0 saturated heterocycles. The van der Waals surface area contributed by atoms with Crippen molar-refractivity contribution in [2.24, 2.45) is 5.41 Å². The second-order valence-corrected chi connectivity index (χ2v) is 6.98. The summed E-state index contributed by atoms with van der Waals surface area (Å²) in [5, 5.41) is 0.101. The van der Waals surface area contributed by atoms with Crippen molar-refractivity contribution in [2.75, 3.05) is 13.2 Å². The predicted octanol–water partition coefficient (Wildman–Crippen LogP) is 2.01. The van der Waals surface area contributed by atoms with E-state index >= 15 is 0 Å². The van der Waals surface area contributed by atoms with Crippen molar-refractivity contribution in [2.45, 2.75) is 47.2 Å². The predicted molar refractivity (Wildman–Crippen MR) is 90.2 cm³/mol. The molecule has 0 amide bonds. The van der Waals surface area contributed by atoms with E-state index in [2.05, 4.69) is 30.7 Å². The molecule has 2 rings (SSSR count). The fraction of sp³-hybridized carbons (Fsp3) is 0.667. The van der Waals surface area contributed by atoms with E-state index in [0.29, 0.717) is 25.4 Å². The Balaban J connectivity index is 2.54. The van der Waals surface area contributed by atoms with Crippen molar-refractivity contribution >= 4 is 22.8 Å². The highest BCUT2D eigenvalue weighted by Gasteiger charge is 2.18. The summed E-state index contributed by atoms with van der Waals surface area (Å²) in [6, 6.07) is 0. The molecule has 128 valence electrons. The number of halogens is 1. The number of hydrogen-bond donors (Lipinski definition) is 1. The first kappa shape index (κ1) is 17.7. The summed E-state index contributed by atoms with van der Waals surface area (Å²) in [6.45, 7) is 9.65. The smallest absolute Gasteiger partial charge is 0.332 e. The van der Waals surface area contributed by atoms with E-state index < -0.39 is 5.56 Å². The molecule has 2 heterocycles. The van der Waals surface area contributed by atoms with Gasteiger partial charge in [0.05, 0.1) is 13.2 Å². The van der Waals surface area contributed by atoms with Crippen molar-refractivity contribution in [3.63, 3.8) is 0 Å². The van der Waals surface area contributed by atoms with Crippen LogP contribution in [0.1, 0.15) is 34.1 Å². The maximum Gasteiger partial charge on any atom is 0.332 e. The lowest BCUT2D eigenvalue weighted by atomic mass is 9.92. The zero-order chi connectivity index (χ0) is 17.2. The molecule has 0 spiro atoms. The van der Waals surface area contributed by atoms with Gasteiger partial charge in [-0.2, -0.15) is 4.98 Å². The fourth-order valence-corrected chi connectivity index (χ4v) is 2.46. The second kappa shape index (κ2) is 6.88. The summed E-state index contributed by atoms with van der Waals surface area (Å²) < 4.78 is 7.95. The first-order valence-electron chi connectivity index (χ1n) is 7.71. The van der Waals surface area contributed by atoms with E-state index in [1.807, 2.05) is 6.92 Å². The molecule has 0 unspecified atom stereocenters.